The molecule has 3 aliphatic carbocycles. The van der Waals surface area contributed by atoms with Crippen LogP contribution in [0.15, 0.2) is 182 Å². The third kappa shape index (κ3) is 4.82. The number of hydrogen-bond acceptors (Lipinski definition) is 4. The van der Waals surface area contributed by atoms with Gasteiger partial charge in [0.15, 0.2) is 11.6 Å². The van der Waals surface area contributed by atoms with Gasteiger partial charge in [0.05, 0.1) is 22.4 Å². The lowest BCUT2D eigenvalue weighted by Crippen LogP contribution is -2.30. The zero-order valence-corrected chi connectivity index (χ0v) is 31.5. The van der Waals surface area contributed by atoms with E-state index in [-0.39, 0.29) is 0 Å². The molecule has 12 rings (SSSR count). The lowest BCUT2D eigenvalue weighted by Gasteiger charge is -2.35. The minimum absolute atomic E-state index is 0.580. The van der Waals surface area contributed by atoms with Crippen molar-refractivity contribution in [2.75, 3.05) is 0 Å². The van der Waals surface area contributed by atoms with Gasteiger partial charge < -0.3 is 0 Å². The maximum absolute atomic E-state index is 5.29. The lowest BCUT2D eigenvalue weighted by molar-refractivity contribution is 0.766. The predicted molar refractivity (Wildman–Crippen MR) is 234 cm³/mol. The van der Waals surface area contributed by atoms with Crippen molar-refractivity contribution in [3.63, 3.8) is 0 Å². The van der Waals surface area contributed by atoms with Crippen molar-refractivity contribution in [2.24, 2.45) is 0 Å². The minimum Gasteiger partial charge on any atom is -0.236 e. The molecular formula is C54H34N4. The highest BCUT2D eigenvalue weighted by molar-refractivity contribution is 6.00. The van der Waals surface area contributed by atoms with Crippen molar-refractivity contribution in [1.82, 2.24) is 19.9 Å². The molecular weight excluding hydrogens is 705 g/mol. The molecule has 58 heavy (non-hydrogen) atoms. The Balaban J connectivity index is 1.10. The van der Waals surface area contributed by atoms with Crippen molar-refractivity contribution in [3.8, 4) is 67.5 Å². The molecule has 7 aromatic carbocycles. The zero-order chi connectivity index (χ0) is 38.2. The van der Waals surface area contributed by atoms with Gasteiger partial charge in [-0.05, 0) is 85.3 Å². The zero-order valence-electron chi connectivity index (χ0n) is 31.5. The maximum atomic E-state index is 5.29. The maximum Gasteiger partial charge on any atom is 0.163 e. The number of fused-ring (bicyclic) bond motifs is 13. The van der Waals surface area contributed by atoms with Crippen molar-refractivity contribution >= 4 is 12.2 Å². The molecule has 4 heteroatoms. The lowest BCUT2D eigenvalue weighted by atomic mass is 9.65. The molecule has 2 aromatic heterocycles. The molecule has 0 amide bonds. The summed E-state index contributed by atoms with van der Waals surface area (Å²) < 4.78 is 0. The molecule has 0 N–H and O–H groups in total. The molecule has 0 aliphatic heterocycles. The number of nitrogens with zero attached hydrogens (tertiary/aromatic N) is 4. The van der Waals surface area contributed by atoms with Crippen LogP contribution in [0.4, 0.5) is 0 Å². The molecule has 1 unspecified atom stereocenters. The molecule has 0 saturated carbocycles. The Morgan fingerprint density at radius 1 is 0.379 bits per heavy atom. The van der Waals surface area contributed by atoms with E-state index in [9.17, 15) is 0 Å². The Labute approximate surface area is 337 Å². The summed E-state index contributed by atoms with van der Waals surface area (Å²) in [7, 11) is 0. The van der Waals surface area contributed by atoms with Crippen LogP contribution in [-0.2, 0) is 11.8 Å². The standard InChI is InChI=1S/C54H34N4/c1-3-14-36(15-4-1)48-31-49(58-53(57-48)41-32-55-52(56-33-41)37-16-5-2-6-17-37)39-26-25-35-24-23-34-13-8-11-21-44(34)54(47(35)30-39)45-22-12-10-20-43(45)51-46(54)28-27-40-29-38-18-7-9-19-42(38)50(40)51/h1-28,30-33H,29H2. The van der Waals surface area contributed by atoms with Gasteiger partial charge in [-0.3, -0.25) is 0 Å². The number of aromatic nitrogens is 4. The third-order valence-electron chi connectivity index (χ3n) is 12.3. The monoisotopic (exact) mass is 738 g/mol. The smallest absolute Gasteiger partial charge is 0.163 e. The van der Waals surface area contributed by atoms with Crippen LogP contribution in [0.1, 0.15) is 44.5 Å². The fraction of sp³-hybridized carbons (Fsp3) is 0.0370. The van der Waals surface area contributed by atoms with E-state index in [0.29, 0.717) is 11.6 Å². The quantitative estimate of drug-likeness (QED) is 0.180. The van der Waals surface area contributed by atoms with E-state index >= 15 is 0 Å². The highest BCUT2D eigenvalue weighted by atomic mass is 14.9. The third-order valence-corrected chi connectivity index (χ3v) is 12.3. The van der Waals surface area contributed by atoms with Crippen LogP contribution in [0, 0.1) is 0 Å². The molecule has 1 atom stereocenters. The van der Waals surface area contributed by atoms with Crippen LogP contribution in [0.2, 0.25) is 0 Å². The topological polar surface area (TPSA) is 51.6 Å². The molecule has 2 heterocycles. The number of benzene rings is 7. The predicted octanol–water partition coefficient (Wildman–Crippen LogP) is 12.4. The van der Waals surface area contributed by atoms with Crippen LogP contribution in [0.3, 0.4) is 0 Å². The Morgan fingerprint density at radius 3 is 1.81 bits per heavy atom. The van der Waals surface area contributed by atoms with Gasteiger partial charge in [-0.1, -0.05) is 170 Å². The van der Waals surface area contributed by atoms with Gasteiger partial charge in [0.1, 0.15) is 0 Å². The molecule has 270 valence electrons. The van der Waals surface area contributed by atoms with Crippen LogP contribution in [-0.4, -0.2) is 19.9 Å². The number of hydrogen-bond donors (Lipinski definition) is 0. The number of rotatable bonds is 4. The SMILES string of the molecule is C1=Cc2ccc(-c3cc(-c4ccccc4)nc(-c4cnc(-c5ccccc5)nc4)n3)cc2C2(c3ccccc31)c1ccccc1-c1c2ccc2c1-c1ccccc1C2. The van der Waals surface area contributed by atoms with E-state index in [4.69, 9.17) is 19.9 Å². The van der Waals surface area contributed by atoms with E-state index in [0.717, 1.165) is 40.1 Å². The summed E-state index contributed by atoms with van der Waals surface area (Å²) in [6, 6.07) is 61.2. The largest absolute Gasteiger partial charge is 0.236 e. The van der Waals surface area contributed by atoms with Crippen molar-refractivity contribution in [1.29, 1.82) is 0 Å². The van der Waals surface area contributed by atoms with Gasteiger partial charge in [0.25, 0.3) is 0 Å². The summed E-state index contributed by atoms with van der Waals surface area (Å²) in [4.78, 5) is 19.9. The van der Waals surface area contributed by atoms with Crippen LogP contribution in [0.25, 0.3) is 79.7 Å². The summed E-state index contributed by atoms with van der Waals surface area (Å²) in [5, 5.41) is 0. The molecule has 9 aromatic rings. The van der Waals surface area contributed by atoms with Crippen molar-refractivity contribution < 1.29 is 0 Å². The molecule has 4 nitrogen and oxygen atoms in total. The average molecular weight is 739 g/mol. The van der Waals surface area contributed by atoms with Crippen molar-refractivity contribution in [2.45, 2.75) is 11.8 Å². The molecule has 1 spiro atoms. The molecule has 0 bridgehead atoms. The van der Waals surface area contributed by atoms with E-state index in [1.807, 2.05) is 48.8 Å². The molecule has 0 radical (unpaired) electrons. The Morgan fingerprint density at radius 2 is 1.02 bits per heavy atom. The van der Waals surface area contributed by atoms with E-state index < -0.39 is 5.41 Å². The first-order valence-electron chi connectivity index (χ1n) is 19.8. The van der Waals surface area contributed by atoms with E-state index in [1.54, 1.807) is 0 Å². The van der Waals surface area contributed by atoms with Gasteiger partial charge in [-0.25, -0.2) is 19.9 Å². The highest BCUT2D eigenvalue weighted by Crippen LogP contribution is 2.62. The molecule has 3 aliphatic rings. The fourth-order valence-electron chi connectivity index (χ4n) is 9.73. The van der Waals surface area contributed by atoms with Gasteiger partial charge >= 0.3 is 0 Å². The molecule has 0 fully saturated rings. The fourth-order valence-corrected chi connectivity index (χ4v) is 9.73. The first-order valence-corrected chi connectivity index (χ1v) is 19.8. The highest BCUT2D eigenvalue weighted by Gasteiger charge is 2.50. The Bertz CT molecular complexity index is 3130. The van der Waals surface area contributed by atoms with Crippen LogP contribution in [0.5, 0.6) is 0 Å². The van der Waals surface area contributed by atoms with Gasteiger partial charge in [-0.2, -0.15) is 0 Å². The van der Waals surface area contributed by atoms with Crippen LogP contribution >= 0.6 is 0 Å². The van der Waals surface area contributed by atoms with E-state index in [2.05, 4.69) is 146 Å². The second kappa shape index (κ2) is 12.7. The minimum atomic E-state index is -0.580. The summed E-state index contributed by atoms with van der Waals surface area (Å²) in [5.41, 5.74) is 20.6. The van der Waals surface area contributed by atoms with Crippen LogP contribution < -0.4 is 0 Å². The van der Waals surface area contributed by atoms with Crippen molar-refractivity contribution in [3.05, 3.63) is 227 Å². The Kier molecular flexibility index (Phi) is 7.17. The second-order valence-electron chi connectivity index (χ2n) is 15.4. The first-order chi connectivity index (χ1) is 28.7. The first kappa shape index (κ1) is 32.7. The summed E-state index contributed by atoms with van der Waals surface area (Å²) >= 11 is 0. The van der Waals surface area contributed by atoms with Gasteiger partial charge in [-0.15, -0.1) is 0 Å². The summed E-state index contributed by atoms with van der Waals surface area (Å²) in [6.45, 7) is 0. The summed E-state index contributed by atoms with van der Waals surface area (Å²) in [5.74, 6) is 1.25. The van der Waals surface area contributed by atoms with Gasteiger partial charge in [0.2, 0.25) is 0 Å². The average Bonchev–Trinajstić information content (AvgIpc) is 3.77. The summed E-state index contributed by atoms with van der Waals surface area (Å²) in [6.07, 6.45) is 9.20. The molecule has 0 saturated heterocycles. The van der Waals surface area contributed by atoms with Gasteiger partial charge in [0, 0.05) is 29.1 Å². The Hall–Kier alpha value is -7.56. The van der Waals surface area contributed by atoms with E-state index in [1.165, 1.54) is 66.8 Å². The normalized spacial score (nSPS) is 15.2. The second-order valence-corrected chi connectivity index (χ2v) is 15.4.